The summed E-state index contributed by atoms with van der Waals surface area (Å²) < 4.78 is 17.5. The number of nitrogens with one attached hydrogen (secondary N) is 1. The van der Waals surface area contributed by atoms with Gasteiger partial charge in [-0.2, -0.15) is 15.1 Å². The molecule has 3 aromatic rings. The van der Waals surface area contributed by atoms with Crippen LogP contribution in [0.3, 0.4) is 0 Å². The second-order valence-electron chi connectivity index (χ2n) is 8.41. The molecule has 204 valence electrons. The van der Waals surface area contributed by atoms with Gasteiger partial charge >= 0.3 is 0 Å². The second-order valence-corrected chi connectivity index (χ2v) is 11.1. The largest absolute Gasteiger partial charge is 0.490 e. The highest BCUT2D eigenvalue weighted by Gasteiger charge is 2.35. The average molecular weight is 593 g/mol. The second kappa shape index (κ2) is 13.1. The molecule has 40 heavy (non-hydrogen) atoms. The molecule has 5 rings (SSSR count). The van der Waals surface area contributed by atoms with Crippen LogP contribution < -0.4 is 14.2 Å². The van der Waals surface area contributed by atoms with E-state index in [1.165, 1.54) is 16.8 Å². The molecule has 2 heterocycles. The summed E-state index contributed by atoms with van der Waals surface area (Å²) in [5.74, 6) is 2.08. The number of thioether (sulfide) groups is 2. The molecule has 0 unspecified atom stereocenters. The van der Waals surface area contributed by atoms with Gasteiger partial charge in [0.2, 0.25) is 5.17 Å². The lowest BCUT2D eigenvalue weighted by Crippen LogP contribution is -2.35. The lowest BCUT2D eigenvalue weighted by molar-refractivity contribution is -0.114. The molecular weight excluding hydrogens is 568 g/mol. The van der Waals surface area contributed by atoms with E-state index in [9.17, 15) is 4.79 Å². The van der Waals surface area contributed by atoms with Gasteiger partial charge in [-0.3, -0.25) is 10.2 Å². The van der Waals surface area contributed by atoms with Crippen molar-refractivity contribution in [3.05, 3.63) is 89.0 Å². The van der Waals surface area contributed by atoms with Crippen molar-refractivity contribution >= 4 is 63.2 Å². The van der Waals surface area contributed by atoms with Gasteiger partial charge < -0.3 is 14.2 Å². The Morgan fingerprint density at radius 3 is 2.60 bits per heavy atom. The first-order chi connectivity index (χ1) is 19.5. The fraction of sp³-hybridized carbons (Fsp3) is 0.172. The summed E-state index contributed by atoms with van der Waals surface area (Å²) >= 11 is 8.84. The molecule has 3 aromatic carbocycles. The van der Waals surface area contributed by atoms with Crippen LogP contribution in [0.25, 0.3) is 6.08 Å². The molecule has 0 saturated heterocycles. The first-order valence-corrected chi connectivity index (χ1v) is 14.6. The monoisotopic (exact) mass is 592 g/mol. The van der Waals surface area contributed by atoms with Crippen molar-refractivity contribution in [2.75, 3.05) is 25.6 Å². The molecule has 2 aliphatic rings. The van der Waals surface area contributed by atoms with E-state index in [1.54, 1.807) is 30.0 Å². The highest BCUT2D eigenvalue weighted by atomic mass is 35.5. The first-order valence-electron chi connectivity index (χ1n) is 12.4. The number of carbonyl (C=O) groups excluding carboxylic acids is 1. The Kier molecular flexibility index (Phi) is 9.10. The molecule has 8 nitrogen and oxygen atoms in total. The molecular formula is C29H25ClN4O4S2. The van der Waals surface area contributed by atoms with Crippen LogP contribution in [-0.2, 0) is 4.79 Å². The number of carbonyl (C=O) groups is 1. The number of ether oxygens (including phenoxy) is 3. The van der Waals surface area contributed by atoms with Gasteiger partial charge in [0, 0.05) is 15.7 Å². The van der Waals surface area contributed by atoms with Crippen LogP contribution >= 0.6 is 35.1 Å². The normalized spacial score (nSPS) is 15.6. The highest BCUT2D eigenvalue weighted by Crippen LogP contribution is 2.32. The molecule has 0 saturated carbocycles. The summed E-state index contributed by atoms with van der Waals surface area (Å²) in [7, 11) is 0. The number of hydrogen-bond acceptors (Lipinski definition) is 8. The van der Waals surface area contributed by atoms with Crippen molar-refractivity contribution in [3.8, 4) is 17.2 Å². The maximum Gasteiger partial charge on any atom is 0.283 e. The van der Waals surface area contributed by atoms with E-state index in [-0.39, 0.29) is 18.0 Å². The standard InChI is InChI=1S/C29H25ClN4O4S2/c1-2-36-25-17-19(8-13-24(25)37-14-15-39-22-11-9-20(30)10-12-22)16-23-27(31)34-29(32-28(23)35)40-26(33-34)18-38-21-6-4-3-5-7-21/h3-13,16-17,31H,2,14-15,18H2,1H3/b23-16-,31-27?. The van der Waals surface area contributed by atoms with Gasteiger partial charge in [-0.1, -0.05) is 35.9 Å². The summed E-state index contributed by atoms with van der Waals surface area (Å²) in [6.07, 6.45) is 1.62. The van der Waals surface area contributed by atoms with E-state index in [1.807, 2.05) is 67.6 Å². The number of nitrogens with zero attached hydrogens (tertiary/aromatic N) is 3. The van der Waals surface area contributed by atoms with E-state index in [0.717, 1.165) is 10.6 Å². The third-order valence-electron chi connectivity index (χ3n) is 5.60. The van der Waals surface area contributed by atoms with Crippen molar-refractivity contribution in [2.24, 2.45) is 10.1 Å². The van der Waals surface area contributed by atoms with Crippen LogP contribution in [0, 0.1) is 5.41 Å². The van der Waals surface area contributed by atoms with Crippen LogP contribution in [0.4, 0.5) is 0 Å². The number of amides is 1. The molecule has 0 radical (unpaired) electrons. The SMILES string of the molecule is CCOc1cc(/C=C2/C(=N)N3N=C(COc4ccccc4)SC3=NC2=O)ccc1OCCSc1ccc(Cl)cc1. The maximum atomic E-state index is 12.8. The molecule has 0 aliphatic carbocycles. The topological polar surface area (TPSA) is 96.6 Å². The lowest BCUT2D eigenvalue weighted by atomic mass is 10.1. The molecule has 0 fully saturated rings. The van der Waals surface area contributed by atoms with Gasteiger partial charge in [0.25, 0.3) is 5.91 Å². The van der Waals surface area contributed by atoms with E-state index < -0.39 is 5.91 Å². The van der Waals surface area contributed by atoms with Gasteiger partial charge in [0.05, 0.1) is 18.8 Å². The van der Waals surface area contributed by atoms with E-state index in [4.69, 9.17) is 31.2 Å². The minimum absolute atomic E-state index is 0.0466. The third kappa shape index (κ3) is 6.88. The highest BCUT2D eigenvalue weighted by molar-refractivity contribution is 8.27. The molecule has 1 amide bonds. The molecule has 0 aromatic heterocycles. The van der Waals surface area contributed by atoms with Crippen molar-refractivity contribution < 1.29 is 19.0 Å². The molecule has 1 N–H and O–H groups in total. The van der Waals surface area contributed by atoms with Gasteiger partial charge in [0.1, 0.15) is 17.4 Å². The summed E-state index contributed by atoms with van der Waals surface area (Å²) in [6, 6.07) is 22.5. The van der Waals surface area contributed by atoms with E-state index in [2.05, 4.69) is 10.1 Å². The van der Waals surface area contributed by atoms with E-state index >= 15 is 0 Å². The maximum absolute atomic E-state index is 12.8. The van der Waals surface area contributed by atoms with Crippen molar-refractivity contribution in [3.63, 3.8) is 0 Å². The van der Waals surface area contributed by atoms with Gasteiger partial charge in [0.15, 0.2) is 17.3 Å². The number of halogens is 1. The molecule has 0 atom stereocenters. The molecule has 11 heteroatoms. The minimum Gasteiger partial charge on any atom is -0.490 e. The fourth-order valence-corrected chi connectivity index (χ4v) is 5.42. The minimum atomic E-state index is -0.498. The summed E-state index contributed by atoms with van der Waals surface area (Å²) in [4.78, 5) is 18.1. The Morgan fingerprint density at radius 1 is 1.02 bits per heavy atom. The fourth-order valence-electron chi connectivity index (χ4n) is 3.76. The van der Waals surface area contributed by atoms with Gasteiger partial charge in [-0.15, -0.1) is 11.8 Å². The summed E-state index contributed by atoms with van der Waals surface area (Å²) in [6.45, 7) is 3.04. The zero-order valence-corrected chi connectivity index (χ0v) is 23.9. The number of hydrogen-bond donors (Lipinski definition) is 1. The van der Waals surface area contributed by atoms with Gasteiger partial charge in [-0.25, -0.2) is 0 Å². The Labute approximate surface area is 245 Å². The zero-order valence-electron chi connectivity index (χ0n) is 21.5. The third-order valence-corrected chi connectivity index (χ3v) is 7.71. The molecule has 0 spiro atoms. The lowest BCUT2D eigenvalue weighted by Gasteiger charge is -2.20. The van der Waals surface area contributed by atoms with Crippen LogP contribution in [0.2, 0.25) is 5.02 Å². The molecule has 0 bridgehead atoms. The number of amidine groups is 2. The first kappa shape index (κ1) is 27.8. The Balaban J connectivity index is 1.25. The smallest absolute Gasteiger partial charge is 0.283 e. The van der Waals surface area contributed by atoms with Crippen molar-refractivity contribution in [1.82, 2.24) is 5.01 Å². The van der Waals surface area contributed by atoms with Crippen molar-refractivity contribution in [1.29, 1.82) is 5.41 Å². The number of hydrazone groups is 1. The number of aliphatic imine (C=N–C) groups is 1. The van der Waals surface area contributed by atoms with Crippen LogP contribution in [0.5, 0.6) is 17.2 Å². The average Bonchev–Trinajstić information content (AvgIpc) is 3.38. The number of benzene rings is 3. The quantitative estimate of drug-likeness (QED) is 0.152. The van der Waals surface area contributed by atoms with Crippen LogP contribution in [-0.4, -0.2) is 52.5 Å². The number of fused-ring (bicyclic) bond motifs is 1. The van der Waals surface area contributed by atoms with Crippen LogP contribution in [0.1, 0.15) is 12.5 Å². The predicted molar refractivity (Wildman–Crippen MR) is 162 cm³/mol. The summed E-state index contributed by atoms with van der Waals surface area (Å²) in [5.41, 5.74) is 0.815. The van der Waals surface area contributed by atoms with Crippen LogP contribution in [0.15, 0.2) is 93.4 Å². The Morgan fingerprint density at radius 2 is 1.82 bits per heavy atom. The zero-order chi connectivity index (χ0) is 27.9. The van der Waals surface area contributed by atoms with E-state index in [0.29, 0.717) is 51.3 Å². The van der Waals surface area contributed by atoms with Gasteiger partial charge in [-0.05, 0) is 78.9 Å². The predicted octanol–water partition coefficient (Wildman–Crippen LogP) is 6.61. The number of para-hydroxylation sites is 1. The Hall–Kier alpha value is -3.73. The Bertz CT molecular complexity index is 1490. The molecule has 2 aliphatic heterocycles. The van der Waals surface area contributed by atoms with Crippen molar-refractivity contribution in [2.45, 2.75) is 11.8 Å². The number of rotatable bonds is 11. The summed E-state index contributed by atoms with van der Waals surface area (Å²) in [5, 5.41) is 16.1.